The van der Waals surface area contributed by atoms with Gasteiger partial charge in [0.2, 0.25) is 0 Å². The van der Waals surface area contributed by atoms with Crippen LogP contribution < -0.4 is 10.6 Å². The summed E-state index contributed by atoms with van der Waals surface area (Å²) in [5.41, 5.74) is 0.310. The van der Waals surface area contributed by atoms with Crippen LogP contribution in [0.2, 0.25) is 0 Å². The van der Waals surface area contributed by atoms with Crippen LogP contribution in [0.25, 0.3) is 0 Å². The van der Waals surface area contributed by atoms with Crippen LogP contribution in [0.1, 0.15) is 5.76 Å². The van der Waals surface area contributed by atoms with Crippen molar-refractivity contribution in [1.29, 1.82) is 0 Å². The molecule has 17 heavy (non-hydrogen) atoms. The van der Waals surface area contributed by atoms with E-state index in [0.717, 1.165) is 0 Å². The maximum absolute atomic E-state index is 13.3. The summed E-state index contributed by atoms with van der Waals surface area (Å²) in [7, 11) is 0. The molecule has 1 aromatic heterocycles. The first-order valence-electron chi connectivity index (χ1n) is 4.91. The molecule has 0 atom stereocenters. The van der Waals surface area contributed by atoms with Crippen LogP contribution in [0.15, 0.2) is 34.9 Å². The third-order valence-electron chi connectivity index (χ3n) is 1.99. The fraction of sp³-hybridized carbons (Fsp3) is 0.0909. The summed E-state index contributed by atoms with van der Waals surface area (Å²) < 4.78 is 18.2. The van der Waals surface area contributed by atoms with Crippen molar-refractivity contribution in [2.45, 2.75) is 6.92 Å². The van der Waals surface area contributed by atoms with Crippen LogP contribution in [-0.4, -0.2) is 10.3 Å². The van der Waals surface area contributed by atoms with E-state index >= 15 is 0 Å². The molecule has 0 saturated heterocycles. The molecule has 2 aromatic rings. The second-order valence-corrected chi connectivity index (χ2v) is 3.79. The monoisotopic (exact) mass is 251 g/mol. The molecule has 0 unspecified atom stereocenters. The Morgan fingerprint density at radius 3 is 2.76 bits per heavy atom. The maximum Gasteiger partial charge on any atom is 0.176 e. The summed E-state index contributed by atoms with van der Waals surface area (Å²) in [6.45, 7) is 1.77. The standard InChI is InChI=1S/C11H10FN3OS/c1-7-6-10(15-16-7)14-11(17)13-9-5-3-2-4-8(9)12/h2-6H,1H3,(H2,13,14,15,17). The summed E-state index contributed by atoms with van der Waals surface area (Å²) in [6, 6.07) is 7.96. The second kappa shape index (κ2) is 4.92. The number of hydrogen-bond acceptors (Lipinski definition) is 3. The number of halogens is 1. The predicted octanol–water partition coefficient (Wildman–Crippen LogP) is 2.93. The minimum Gasteiger partial charge on any atom is -0.360 e. The van der Waals surface area contributed by atoms with E-state index in [1.165, 1.54) is 6.07 Å². The number of aryl methyl sites for hydroxylation is 1. The van der Waals surface area contributed by atoms with Crippen molar-refractivity contribution >= 4 is 28.8 Å². The molecule has 2 rings (SSSR count). The molecular formula is C11H10FN3OS. The molecule has 1 aromatic carbocycles. The zero-order valence-electron chi connectivity index (χ0n) is 9.03. The number of rotatable bonds is 2. The Kier molecular flexibility index (Phi) is 3.34. The van der Waals surface area contributed by atoms with E-state index in [9.17, 15) is 4.39 Å². The number of para-hydroxylation sites is 1. The van der Waals surface area contributed by atoms with Gasteiger partial charge in [0.1, 0.15) is 11.6 Å². The summed E-state index contributed by atoms with van der Waals surface area (Å²) in [5, 5.41) is 9.48. The van der Waals surface area contributed by atoms with Crippen molar-refractivity contribution in [3.8, 4) is 0 Å². The highest BCUT2D eigenvalue weighted by Crippen LogP contribution is 2.13. The third kappa shape index (κ3) is 3.01. The number of thiocarbonyl (C=S) groups is 1. The Labute approximate surface area is 103 Å². The summed E-state index contributed by atoms with van der Waals surface area (Å²) in [5.74, 6) is 0.783. The van der Waals surface area contributed by atoms with E-state index in [-0.39, 0.29) is 10.9 Å². The number of benzene rings is 1. The first kappa shape index (κ1) is 11.5. The topological polar surface area (TPSA) is 50.1 Å². The van der Waals surface area contributed by atoms with Crippen LogP contribution in [0.3, 0.4) is 0 Å². The molecule has 0 radical (unpaired) electrons. The Morgan fingerprint density at radius 1 is 1.35 bits per heavy atom. The maximum atomic E-state index is 13.3. The number of anilines is 2. The lowest BCUT2D eigenvalue weighted by Crippen LogP contribution is -2.19. The first-order chi connectivity index (χ1) is 8.15. The Morgan fingerprint density at radius 2 is 2.12 bits per heavy atom. The third-order valence-corrected chi connectivity index (χ3v) is 2.20. The molecule has 6 heteroatoms. The quantitative estimate of drug-likeness (QED) is 0.804. The largest absolute Gasteiger partial charge is 0.360 e. The van der Waals surface area contributed by atoms with E-state index in [1.807, 2.05) is 0 Å². The number of nitrogens with zero attached hydrogens (tertiary/aromatic N) is 1. The van der Waals surface area contributed by atoms with Crippen molar-refractivity contribution in [2.24, 2.45) is 0 Å². The SMILES string of the molecule is Cc1cc(NC(=S)Nc2ccccc2F)no1. The van der Waals surface area contributed by atoms with E-state index < -0.39 is 0 Å². The van der Waals surface area contributed by atoms with Gasteiger partial charge in [0.15, 0.2) is 10.9 Å². The minimum atomic E-state index is -0.368. The second-order valence-electron chi connectivity index (χ2n) is 3.38. The van der Waals surface area contributed by atoms with Crippen LogP contribution in [0.5, 0.6) is 0 Å². The lowest BCUT2D eigenvalue weighted by Gasteiger charge is -2.08. The van der Waals surface area contributed by atoms with Gasteiger partial charge in [0, 0.05) is 6.07 Å². The van der Waals surface area contributed by atoms with Gasteiger partial charge in [-0.05, 0) is 31.3 Å². The Bertz CT molecular complexity index is 541. The van der Waals surface area contributed by atoms with Gasteiger partial charge in [-0.1, -0.05) is 17.3 Å². The molecule has 0 bridgehead atoms. The molecule has 0 aliphatic heterocycles. The lowest BCUT2D eigenvalue weighted by molar-refractivity contribution is 0.400. The minimum absolute atomic E-state index is 0.253. The van der Waals surface area contributed by atoms with Gasteiger partial charge in [0.05, 0.1) is 5.69 Å². The van der Waals surface area contributed by atoms with E-state index in [0.29, 0.717) is 17.3 Å². The predicted molar refractivity (Wildman–Crippen MR) is 67.5 cm³/mol. The Hall–Kier alpha value is -1.95. The first-order valence-corrected chi connectivity index (χ1v) is 5.32. The molecule has 0 spiro atoms. The molecule has 0 aliphatic rings. The summed E-state index contributed by atoms with van der Waals surface area (Å²) in [4.78, 5) is 0. The van der Waals surface area contributed by atoms with Gasteiger partial charge in [-0.2, -0.15) is 0 Å². The van der Waals surface area contributed by atoms with Crippen molar-refractivity contribution in [1.82, 2.24) is 5.16 Å². The average Bonchev–Trinajstić information content (AvgIpc) is 2.67. The average molecular weight is 251 g/mol. The summed E-state index contributed by atoms with van der Waals surface area (Å²) in [6.07, 6.45) is 0. The Balaban J connectivity index is 2.01. The number of hydrogen-bond donors (Lipinski definition) is 2. The molecule has 0 amide bonds. The van der Waals surface area contributed by atoms with Crippen molar-refractivity contribution in [3.05, 3.63) is 41.9 Å². The molecular weight excluding hydrogens is 241 g/mol. The number of aromatic nitrogens is 1. The van der Waals surface area contributed by atoms with Crippen LogP contribution >= 0.6 is 12.2 Å². The van der Waals surface area contributed by atoms with E-state index in [2.05, 4.69) is 15.8 Å². The molecule has 0 aliphatic carbocycles. The fourth-order valence-corrected chi connectivity index (χ4v) is 1.47. The molecule has 0 fully saturated rings. The van der Waals surface area contributed by atoms with Gasteiger partial charge >= 0.3 is 0 Å². The van der Waals surface area contributed by atoms with Crippen molar-refractivity contribution in [2.75, 3.05) is 10.6 Å². The zero-order valence-corrected chi connectivity index (χ0v) is 9.84. The normalized spacial score (nSPS) is 10.0. The van der Waals surface area contributed by atoms with Gasteiger partial charge in [0.25, 0.3) is 0 Å². The van der Waals surface area contributed by atoms with Gasteiger partial charge in [-0.3, -0.25) is 0 Å². The molecule has 1 heterocycles. The van der Waals surface area contributed by atoms with Crippen LogP contribution in [-0.2, 0) is 0 Å². The fourth-order valence-electron chi connectivity index (χ4n) is 1.26. The highest BCUT2D eigenvalue weighted by Gasteiger charge is 2.05. The smallest absolute Gasteiger partial charge is 0.176 e. The lowest BCUT2D eigenvalue weighted by atomic mass is 10.3. The molecule has 0 saturated carbocycles. The van der Waals surface area contributed by atoms with Crippen molar-refractivity contribution in [3.63, 3.8) is 0 Å². The van der Waals surface area contributed by atoms with Gasteiger partial charge in [-0.15, -0.1) is 0 Å². The van der Waals surface area contributed by atoms with Crippen LogP contribution in [0, 0.1) is 12.7 Å². The van der Waals surface area contributed by atoms with E-state index in [4.69, 9.17) is 16.7 Å². The van der Waals surface area contributed by atoms with Gasteiger partial charge in [-0.25, -0.2) is 4.39 Å². The molecule has 88 valence electrons. The molecule has 2 N–H and O–H groups in total. The van der Waals surface area contributed by atoms with E-state index in [1.54, 1.807) is 31.2 Å². The number of nitrogens with one attached hydrogen (secondary N) is 2. The van der Waals surface area contributed by atoms with Crippen molar-refractivity contribution < 1.29 is 8.91 Å². The van der Waals surface area contributed by atoms with Gasteiger partial charge < -0.3 is 15.2 Å². The summed E-state index contributed by atoms with van der Waals surface area (Å²) >= 11 is 5.02. The highest BCUT2D eigenvalue weighted by molar-refractivity contribution is 7.80. The van der Waals surface area contributed by atoms with Crippen LogP contribution in [0.4, 0.5) is 15.9 Å². The zero-order chi connectivity index (χ0) is 12.3. The highest BCUT2D eigenvalue weighted by atomic mass is 32.1. The molecule has 4 nitrogen and oxygen atoms in total.